The summed E-state index contributed by atoms with van der Waals surface area (Å²) >= 11 is 1.54. The molecule has 2 aromatic rings. The number of methoxy groups -OCH3 is 1. The van der Waals surface area contributed by atoms with Crippen LogP contribution in [0.2, 0.25) is 0 Å². The molecular formula is C15H15NO5S2. The number of hydrogen-bond acceptors (Lipinski definition) is 5. The van der Waals surface area contributed by atoms with E-state index in [1.165, 1.54) is 19.2 Å². The first-order chi connectivity index (χ1) is 10.9. The number of ether oxygens (including phenoxy) is 1. The van der Waals surface area contributed by atoms with Crippen LogP contribution in [0.4, 0.5) is 5.69 Å². The quantitative estimate of drug-likeness (QED) is 0.776. The summed E-state index contributed by atoms with van der Waals surface area (Å²) in [4.78, 5) is 12.0. The van der Waals surface area contributed by atoms with E-state index in [1.807, 2.05) is 6.26 Å². The van der Waals surface area contributed by atoms with Crippen molar-refractivity contribution in [1.29, 1.82) is 0 Å². The molecule has 0 atom stereocenters. The third-order valence-corrected chi connectivity index (χ3v) is 5.18. The van der Waals surface area contributed by atoms with Crippen LogP contribution in [-0.2, 0) is 10.0 Å². The zero-order valence-corrected chi connectivity index (χ0v) is 14.1. The summed E-state index contributed by atoms with van der Waals surface area (Å²) in [6.45, 7) is 0. The molecule has 0 aliphatic carbocycles. The van der Waals surface area contributed by atoms with Gasteiger partial charge in [-0.05, 0) is 48.7 Å². The summed E-state index contributed by atoms with van der Waals surface area (Å²) in [5.41, 5.74) is 0.184. The van der Waals surface area contributed by atoms with E-state index in [-0.39, 0.29) is 16.2 Å². The predicted molar refractivity (Wildman–Crippen MR) is 89.0 cm³/mol. The summed E-state index contributed by atoms with van der Waals surface area (Å²) in [7, 11) is -2.57. The fourth-order valence-electron chi connectivity index (χ4n) is 1.89. The Kier molecular flexibility index (Phi) is 5.17. The molecule has 0 heterocycles. The molecule has 0 aromatic heterocycles. The van der Waals surface area contributed by atoms with E-state index < -0.39 is 16.0 Å². The molecule has 122 valence electrons. The van der Waals surface area contributed by atoms with E-state index in [4.69, 9.17) is 9.84 Å². The number of carbonyl (C=O) groups is 1. The van der Waals surface area contributed by atoms with E-state index in [1.54, 1.807) is 36.0 Å². The highest BCUT2D eigenvalue weighted by atomic mass is 32.2. The number of benzene rings is 2. The molecule has 0 spiro atoms. The number of carboxylic acid groups (broad SMARTS) is 1. The third-order valence-electron chi connectivity index (χ3n) is 3.05. The van der Waals surface area contributed by atoms with Gasteiger partial charge in [-0.3, -0.25) is 4.72 Å². The smallest absolute Gasteiger partial charge is 0.339 e. The fraction of sp³-hybridized carbons (Fsp3) is 0.133. The molecule has 6 nitrogen and oxygen atoms in total. The minimum Gasteiger partial charge on any atom is -0.496 e. The topological polar surface area (TPSA) is 92.7 Å². The van der Waals surface area contributed by atoms with Gasteiger partial charge >= 0.3 is 5.97 Å². The lowest BCUT2D eigenvalue weighted by Gasteiger charge is -2.11. The molecule has 2 aromatic carbocycles. The lowest BCUT2D eigenvalue weighted by molar-refractivity contribution is 0.0693. The Labute approximate surface area is 138 Å². The van der Waals surface area contributed by atoms with Gasteiger partial charge in [0.15, 0.2) is 0 Å². The SMILES string of the molecule is COc1ccc(S(=O)(=O)Nc2ccc(SC)cc2)cc1C(=O)O. The van der Waals surface area contributed by atoms with E-state index in [0.717, 1.165) is 11.0 Å². The van der Waals surface area contributed by atoms with Gasteiger partial charge in [0.25, 0.3) is 10.0 Å². The van der Waals surface area contributed by atoms with Gasteiger partial charge in [-0.15, -0.1) is 11.8 Å². The minimum atomic E-state index is -3.89. The van der Waals surface area contributed by atoms with Gasteiger partial charge in [0.2, 0.25) is 0 Å². The maximum Gasteiger partial charge on any atom is 0.339 e. The third kappa shape index (κ3) is 3.96. The highest BCUT2D eigenvalue weighted by Gasteiger charge is 2.19. The minimum absolute atomic E-state index is 0.0979. The van der Waals surface area contributed by atoms with Crippen molar-refractivity contribution in [2.75, 3.05) is 18.1 Å². The highest BCUT2D eigenvalue weighted by molar-refractivity contribution is 7.98. The summed E-state index contributed by atoms with van der Waals surface area (Å²) < 4.78 is 32.1. The van der Waals surface area contributed by atoms with Crippen LogP contribution < -0.4 is 9.46 Å². The second kappa shape index (κ2) is 6.93. The van der Waals surface area contributed by atoms with Crippen molar-refractivity contribution in [3.63, 3.8) is 0 Å². The van der Waals surface area contributed by atoms with Crippen molar-refractivity contribution >= 4 is 33.4 Å². The molecule has 2 rings (SSSR count). The van der Waals surface area contributed by atoms with Crippen LogP contribution in [0.5, 0.6) is 5.75 Å². The predicted octanol–water partition coefficient (Wildman–Crippen LogP) is 2.92. The Morgan fingerprint density at radius 1 is 1.17 bits per heavy atom. The van der Waals surface area contributed by atoms with E-state index in [9.17, 15) is 13.2 Å². The molecule has 0 fully saturated rings. The van der Waals surface area contributed by atoms with Crippen LogP contribution in [0, 0.1) is 0 Å². The largest absolute Gasteiger partial charge is 0.496 e. The molecule has 23 heavy (non-hydrogen) atoms. The Hall–Kier alpha value is -2.19. The summed E-state index contributed by atoms with van der Waals surface area (Å²) in [6, 6.07) is 10.5. The lowest BCUT2D eigenvalue weighted by Crippen LogP contribution is -2.14. The summed E-state index contributed by atoms with van der Waals surface area (Å²) in [6.07, 6.45) is 1.92. The van der Waals surface area contributed by atoms with Crippen molar-refractivity contribution in [2.45, 2.75) is 9.79 Å². The monoisotopic (exact) mass is 353 g/mol. The maximum atomic E-state index is 12.4. The number of thioether (sulfide) groups is 1. The molecule has 0 amide bonds. The molecule has 0 aliphatic rings. The number of rotatable bonds is 6. The first-order valence-electron chi connectivity index (χ1n) is 6.45. The summed E-state index contributed by atoms with van der Waals surface area (Å²) in [5, 5.41) is 9.14. The number of carboxylic acids is 1. The second-order valence-electron chi connectivity index (χ2n) is 4.50. The van der Waals surface area contributed by atoms with Crippen LogP contribution in [0.25, 0.3) is 0 Å². The lowest BCUT2D eigenvalue weighted by atomic mass is 10.2. The first kappa shape index (κ1) is 17.2. The average Bonchev–Trinajstić information content (AvgIpc) is 2.54. The van der Waals surface area contributed by atoms with Crippen molar-refractivity contribution in [3.05, 3.63) is 48.0 Å². The van der Waals surface area contributed by atoms with Crippen LogP contribution >= 0.6 is 11.8 Å². The van der Waals surface area contributed by atoms with Crippen molar-refractivity contribution in [2.24, 2.45) is 0 Å². The number of aromatic carboxylic acids is 1. The van der Waals surface area contributed by atoms with Crippen LogP contribution in [0.3, 0.4) is 0 Å². The number of nitrogens with one attached hydrogen (secondary N) is 1. The van der Waals surface area contributed by atoms with Gasteiger partial charge in [0, 0.05) is 10.6 Å². The molecule has 2 N–H and O–H groups in total. The highest BCUT2D eigenvalue weighted by Crippen LogP contribution is 2.25. The standard InChI is InChI=1S/C15H15NO5S2/c1-21-14-8-7-12(9-13(14)15(17)18)23(19,20)16-10-3-5-11(22-2)6-4-10/h3-9,16H,1-2H3,(H,17,18). The first-order valence-corrected chi connectivity index (χ1v) is 9.16. The van der Waals surface area contributed by atoms with E-state index in [2.05, 4.69) is 4.72 Å². The van der Waals surface area contributed by atoms with Crippen molar-refractivity contribution in [1.82, 2.24) is 0 Å². The van der Waals surface area contributed by atoms with Gasteiger partial charge in [-0.1, -0.05) is 0 Å². The van der Waals surface area contributed by atoms with Gasteiger partial charge in [0.05, 0.1) is 12.0 Å². The molecule has 8 heteroatoms. The van der Waals surface area contributed by atoms with Crippen LogP contribution in [0.15, 0.2) is 52.3 Å². The van der Waals surface area contributed by atoms with Crippen molar-refractivity contribution in [3.8, 4) is 5.75 Å². The molecule has 0 radical (unpaired) electrons. The van der Waals surface area contributed by atoms with E-state index in [0.29, 0.717) is 5.69 Å². The Morgan fingerprint density at radius 2 is 1.83 bits per heavy atom. The van der Waals surface area contributed by atoms with Gasteiger partial charge in [-0.25, -0.2) is 13.2 Å². The Balaban J connectivity index is 2.35. The maximum absolute atomic E-state index is 12.4. The number of hydrogen-bond donors (Lipinski definition) is 2. The number of sulfonamides is 1. The van der Waals surface area contributed by atoms with Gasteiger partial charge in [-0.2, -0.15) is 0 Å². The van der Waals surface area contributed by atoms with Gasteiger partial charge < -0.3 is 9.84 Å². The average molecular weight is 353 g/mol. The molecule has 0 bridgehead atoms. The normalized spacial score (nSPS) is 11.0. The number of anilines is 1. The fourth-order valence-corrected chi connectivity index (χ4v) is 3.39. The molecule has 0 saturated heterocycles. The zero-order valence-electron chi connectivity index (χ0n) is 12.4. The molecular weight excluding hydrogens is 338 g/mol. The van der Waals surface area contributed by atoms with E-state index >= 15 is 0 Å². The zero-order chi connectivity index (χ0) is 17.0. The van der Waals surface area contributed by atoms with Crippen LogP contribution in [0.1, 0.15) is 10.4 Å². The van der Waals surface area contributed by atoms with Crippen LogP contribution in [-0.4, -0.2) is 32.9 Å². The Morgan fingerprint density at radius 3 is 2.35 bits per heavy atom. The van der Waals surface area contributed by atoms with Crippen molar-refractivity contribution < 1.29 is 23.1 Å². The van der Waals surface area contributed by atoms with Gasteiger partial charge in [0.1, 0.15) is 11.3 Å². The molecule has 0 unspecified atom stereocenters. The second-order valence-corrected chi connectivity index (χ2v) is 7.06. The summed E-state index contributed by atoms with van der Waals surface area (Å²) in [5.74, 6) is -1.16. The molecule has 0 aliphatic heterocycles. The molecule has 0 saturated carbocycles. The Bertz CT molecular complexity index is 816.